The lowest BCUT2D eigenvalue weighted by Crippen LogP contribution is -2.47. The molecule has 0 unspecified atom stereocenters. The van der Waals surface area contributed by atoms with Crippen LogP contribution in [-0.4, -0.2) is 18.9 Å². The van der Waals surface area contributed by atoms with Crippen LogP contribution in [0.3, 0.4) is 0 Å². The molecule has 0 aromatic heterocycles. The molecule has 0 bridgehead atoms. The first-order valence-electron chi connectivity index (χ1n) is 8.44. The SMILES string of the molecule is COC(=O)C1(C#N)[C@H](c2ccc(Br)cc2)CC(=O)C[C@H]1c1ccc(Br)cc1. The van der Waals surface area contributed by atoms with Crippen LogP contribution in [0.25, 0.3) is 0 Å². The molecule has 0 heterocycles. The molecule has 2 atom stereocenters. The zero-order chi connectivity index (χ0) is 19.6. The molecular formula is C21H17Br2NO3. The summed E-state index contributed by atoms with van der Waals surface area (Å²) in [7, 11) is 1.29. The van der Waals surface area contributed by atoms with Crippen LogP contribution < -0.4 is 0 Å². The van der Waals surface area contributed by atoms with Crippen LogP contribution in [0.5, 0.6) is 0 Å². The van der Waals surface area contributed by atoms with Gasteiger partial charge >= 0.3 is 5.97 Å². The molecule has 0 amide bonds. The van der Waals surface area contributed by atoms with Crippen molar-refractivity contribution in [3.8, 4) is 6.07 Å². The Balaban J connectivity index is 2.20. The van der Waals surface area contributed by atoms with Gasteiger partial charge in [-0.25, -0.2) is 0 Å². The number of ether oxygens (including phenoxy) is 1. The molecule has 0 N–H and O–H groups in total. The summed E-state index contributed by atoms with van der Waals surface area (Å²) < 4.78 is 6.85. The fraction of sp³-hybridized carbons (Fsp3) is 0.286. The number of Topliss-reactive ketones (excluding diaryl/α,β-unsaturated/α-hetero) is 1. The van der Waals surface area contributed by atoms with Crippen LogP contribution in [0.1, 0.15) is 35.8 Å². The van der Waals surface area contributed by atoms with Crippen molar-refractivity contribution in [3.05, 3.63) is 68.6 Å². The van der Waals surface area contributed by atoms with E-state index in [9.17, 15) is 14.9 Å². The molecule has 6 heteroatoms. The highest BCUT2D eigenvalue weighted by molar-refractivity contribution is 9.10. The van der Waals surface area contributed by atoms with Gasteiger partial charge in [-0.1, -0.05) is 56.1 Å². The van der Waals surface area contributed by atoms with Crippen molar-refractivity contribution in [2.45, 2.75) is 24.7 Å². The summed E-state index contributed by atoms with van der Waals surface area (Å²) in [5.41, 5.74) is 0.0882. The normalized spacial score (nSPS) is 21.3. The third-order valence-corrected chi connectivity index (χ3v) is 6.27. The van der Waals surface area contributed by atoms with Crippen molar-refractivity contribution in [1.82, 2.24) is 0 Å². The number of hydrogen-bond donors (Lipinski definition) is 0. The lowest BCUT2D eigenvalue weighted by molar-refractivity contribution is -0.154. The monoisotopic (exact) mass is 489 g/mol. The molecule has 2 aromatic carbocycles. The molecule has 0 radical (unpaired) electrons. The van der Waals surface area contributed by atoms with E-state index in [1.165, 1.54) is 7.11 Å². The second-order valence-corrected chi connectivity index (χ2v) is 8.46. The van der Waals surface area contributed by atoms with Crippen LogP contribution in [0.15, 0.2) is 57.5 Å². The minimum Gasteiger partial charge on any atom is -0.468 e. The maximum Gasteiger partial charge on any atom is 0.327 e. The highest BCUT2D eigenvalue weighted by atomic mass is 79.9. The van der Waals surface area contributed by atoms with Gasteiger partial charge in [0.1, 0.15) is 5.78 Å². The number of nitriles is 1. The topological polar surface area (TPSA) is 67.2 Å². The van der Waals surface area contributed by atoms with Gasteiger partial charge in [0.05, 0.1) is 13.2 Å². The first kappa shape index (κ1) is 19.8. The van der Waals surface area contributed by atoms with Gasteiger partial charge in [-0.3, -0.25) is 9.59 Å². The van der Waals surface area contributed by atoms with E-state index in [0.29, 0.717) is 0 Å². The molecule has 4 nitrogen and oxygen atoms in total. The van der Waals surface area contributed by atoms with Crippen molar-refractivity contribution in [2.75, 3.05) is 7.11 Å². The Labute approximate surface area is 174 Å². The van der Waals surface area contributed by atoms with Gasteiger partial charge in [0.25, 0.3) is 0 Å². The van der Waals surface area contributed by atoms with E-state index in [2.05, 4.69) is 37.9 Å². The molecule has 0 spiro atoms. The first-order valence-corrected chi connectivity index (χ1v) is 10.0. The summed E-state index contributed by atoms with van der Waals surface area (Å²) in [6, 6.07) is 17.1. The fourth-order valence-electron chi connectivity index (χ4n) is 3.91. The van der Waals surface area contributed by atoms with Crippen LogP contribution >= 0.6 is 31.9 Å². The quantitative estimate of drug-likeness (QED) is 0.559. The number of carbonyl (C=O) groups excluding carboxylic acids is 2. The molecule has 2 aromatic rings. The van der Waals surface area contributed by atoms with Crippen molar-refractivity contribution < 1.29 is 14.3 Å². The van der Waals surface area contributed by atoms with Crippen molar-refractivity contribution in [1.29, 1.82) is 5.26 Å². The second-order valence-electron chi connectivity index (χ2n) is 6.63. The largest absolute Gasteiger partial charge is 0.468 e. The van der Waals surface area contributed by atoms with E-state index >= 15 is 0 Å². The summed E-state index contributed by atoms with van der Waals surface area (Å²) in [6.07, 6.45) is 0.272. The third kappa shape index (κ3) is 3.59. The van der Waals surface area contributed by atoms with Gasteiger partial charge in [-0.15, -0.1) is 0 Å². The number of halogens is 2. The van der Waals surface area contributed by atoms with Gasteiger partial charge < -0.3 is 4.74 Å². The highest BCUT2D eigenvalue weighted by Gasteiger charge is 2.58. The molecule has 0 aliphatic heterocycles. The Kier molecular flexibility index (Phi) is 5.83. The van der Waals surface area contributed by atoms with E-state index in [1.54, 1.807) is 0 Å². The summed E-state index contributed by atoms with van der Waals surface area (Å²) in [5.74, 6) is -1.71. The van der Waals surface area contributed by atoms with Gasteiger partial charge in [0, 0.05) is 33.6 Å². The molecule has 1 aliphatic carbocycles. The Morgan fingerprint density at radius 1 is 1.00 bits per heavy atom. The Hall–Kier alpha value is -1.97. The van der Waals surface area contributed by atoms with Crippen LogP contribution in [0.2, 0.25) is 0 Å². The van der Waals surface area contributed by atoms with Gasteiger partial charge in [0.15, 0.2) is 5.41 Å². The molecular weight excluding hydrogens is 474 g/mol. The fourth-order valence-corrected chi connectivity index (χ4v) is 4.44. The molecule has 1 fully saturated rings. The van der Waals surface area contributed by atoms with E-state index in [4.69, 9.17) is 4.74 Å². The minimum atomic E-state index is -1.47. The predicted octanol–water partition coefficient (Wildman–Crippen LogP) is 5.12. The molecule has 1 saturated carbocycles. The summed E-state index contributed by atoms with van der Waals surface area (Å²) in [6.45, 7) is 0. The van der Waals surface area contributed by atoms with Crippen molar-refractivity contribution in [2.24, 2.45) is 5.41 Å². The van der Waals surface area contributed by atoms with E-state index in [1.807, 2.05) is 48.5 Å². The van der Waals surface area contributed by atoms with Gasteiger partial charge in [0.2, 0.25) is 0 Å². The van der Waals surface area contributed by atoms with Crippen molar-refractivity contribution in [3.63, 3.8) is 0 Å². The summed E-state index contributed by atoms with van der Waals surface area (Å²) >= 11 is 6.79. The second kappa shape index (κ2) is 7.95. The number of nitrogens with zero attached hydrogens (tertiary/aromatic N) is 1. The standard InChI is InChI=1S/C21H17Br2NO3/c1-27-20(26)21(12-24)18(13-2-6-15(22)7-3-13)10-17(25)11-19(21)14-4-8-16(23)9-5-14/h2-9,18-19H,10-11H2,1H3/t18-,19-/m0/s1. The number of hydrogen-bond acceptors (Lipinski definition) is 4. The van der Waals surface area contributed by atoms with Crippen LogP contribution in [-0.2, 0) is 14.3 Å². The Bertz CT molecular complexity index is 843. The smallest absolute Gasteiger partial charge is 0.327 e. The average molecular weight is 491 g/mol. The molecule has 3 rings (SSSR count). The summed E-state index contributed by atoms with van der Waals surface area (Å²) in [5, 5.41) is 10.2. The maximum absolute atomic E-state index is 13.0. The number of carbonyl (C=O) groups is 2. The summed E-state index contributed by atoms with van der Waals surface area (Å²) in [4.78, 5) is 25.6. The highest BCUT2D eigenvalue weighted by Crippen LogP contribution is 2.54. The van der Waals surface area contributed by atoms with Crippen LogP contribution in [0, 0.1) is 16.7 Å². The Morgan fingerprint density at radius 2 is 1.41 bits per heavy atom. The third-order valence-electron chi connectivity index (χ3n) is 5.22. The predicted molar refractivity (Wildman–Crippen MR) is 108 cm³/mol. The zero-order valence-electron chi connectivity index (χ0n) is 14.6. The number of ketones is 1. The molecule has 27 heavy (non-hydrogen) atoms. The maximum atomic E-state index is 13.0. The number of rotatable bonds is 3. The minimum absolute atomic E-state index is 0.0330. The molecule has 1 aliphatic rings. The number of methoxy groups -OCH3 is 1. The first-order chi connectivity index (χ1) is 12.9. The molecule has 0 saturated heterocycles. The average Bonchev–Trinajstić information content (AvgIpc) is 2.68. The lowest BCUT2D eigenvalue weighted by atomic mass is 9.56. The van der Waals surface area contributed by atoms with E-state index < -0.39 is 23.2 Å². The lowest BCUT2D eigenvalue weighted by Gasteiger charge is -2.42. The van der Waals surface area contributed by atoms with Gasteiger partial charge in [-0.2, -0.15) is 5.26 Å². The number of benzene rings is 2. The van der Waals surface area contributed by atoms with Gasteiger partial charge in [-0.05, 0) is 35.4 Å². The van der Waals surface area contributed by atoms with Crippen LogP contribution in [0.4, 0.5) is 0 Å². The van der Waals surface area contributed by atoms with E-state index in [0.717, 1.165) is 20.1 Å². The Morgan fingerprint density at radius 3 is 1.74 bits per heavy atom. The van der Waals surface area contributed by atoms with E-state index in [-0.39, 0.29) is 18.6 Å². The zero-order valence-corrected chi connectivity index (χ0v) is 17.8. The van der Waals surface area contributed by atoms with Crippen molar-refractivity contribution >= 4 is 43.6 Å². The number of esters is 1. The molecule has 138 valence electrons.